The Balaban J connectivity index is 1.25. The second kappa shape index (κ2) is 6.35. The van der Waals surface area contributed by atoms with Crippen LogP contribution in [0.25, 0.3) is 0 Å². The van der Waals surface area contributed by atoms with Gasteiger partial charge in [0.1, 0.15) is 0 Å². The fraction of sp³-hybridized carbons (Fsp3) is 0.600. The molecule has 1 unspecified atom stereocenters. The first-order valence-corrected chi connectivity index (χ1v) is 9.55. The van der Waals surface area contributed by atoms with Crippen molar-refractivity contribution >= 4 is 11.8 Å². The molecule has 138 valence electrons. The van der Waals surface area contributed by atoms with Crippen LogP contribution in [0, 0.1) is 23.7 Å². The van der Waals surface area contributed by atoms with Gasteiger partial charge in [-0.25, -0.2) is 0 Å². The van der Waals surface area contributed by atoms with E-state index in [-0.39, 0.29) is 29.8 Å². The zero-order chi connectivity index (χ0) is 17.7. The number of hydrogen-bond acceptors (Lipinski definition) is 4. The minimum atomic E-state index is 0.0439. The summed E-state index contributed by atoms with van der Waals surface area (Å²) in [6.07, 6.45) is 0.0439. The van der Waals surface area contributed by atoms with E-state index in [0.29, 0.717) is 50.2 Å². The van der Waals surface area contributed by atoms with E-state index in [0.717, 1.165) is 13.2 Å². The maximum atomic E-state index is 12.8. The van der Waals surface area contributed by atoms with Crippen molar-refractivity contribution < 1.29 is 19.1 Å². The number of carbonyl (C=O) groups excluding carboxylic acids is 2. The molecule has 0 bridgehead atoms. The van der Waals surface area contributed by atoms with Crippen molar-refractivity contribution in [3.05, 3.63) is 35.9 Å². The van der Waals surface area contributed by atoms with Crippen LogP contribution in [0.2, 0.25) is 0 Å². The maximum Gasteiger partial charge on any atom is 0.253 e. The van der Waals surface area contributed by atoms with Gasteiger partial charge in [0.25, 0.3) is 5.91 Å². The highest BCUT2D eigenvalue weighted by atomic mass is 16.5. The highest BCUT2D eigenvalue weighted by Crippen LogP contribution is 2.52. The SMILES string of the molecule is O=C(c1ccccc1)N1CCO[C@@H]2CN(C(=O)C3[C@H]4COC[C@@H]34)C[C@@H]2C1. The Bertz CT molecular complexity index is 699. The van der Waals surface area contributed by atoms with Gasteiger partial charge in [-0.3, -0.25) is 9.59 Å². The number of benzene rings is 1. The van der Waals surface area contributed by atoms with Gasteiger partial charge in [-0.2, -0.15) is 0 Å². The molecule has 1 aromatic rings. The lowest BCUT2D eigenvalue weighted by molar-refractivity contribution is -0.133. The van der Waals surface area contributed by atoms with E-state index < -0.39 is 0 Å². The third kappa shape index (κ3) is 2.72. The van der Waals surface area contributed by atoms with Gasteiger partial charge in [-0.1, -0.05) is 18.2 Å². The van der Waals surface area contributed by atoms with Crippen LogP contribution in [-0.2, 0) is 14.3 Å². The molecule has 26 heavy (non-hydrogen) atoms. The second-order valence-corrected chi connectivity index (χ2v) is 7.92. The van der Waals surface area contributed by atoms with Crippen LogP contribution in [0.3, 0.4) is 0 Å². The summed E-state index contributed by atoms with van der Waals surface area (Å²) in [5, 5.41) is 0. The molecule has 1 saturated carbocycles. The number of ether oxygens (including phenoxy) is 2. The van der Waals surface area contributed by atoms with Gasteiger partial charge in [0.15, 0.2) is 0 Å². The zero-order valence-electron chi connectivity index (χ0n) is 14.8. The summed E-state index contributed by atoms with van der Waals surface area (Å²) in [5.74, 6) is 1.54. The smallest absolute Gasteiger partial charge is 0.253 e. The Morgan fingerprint density at radius 1 is 0.962 bits per heavy atom. The predicted molar refractivity (Wildman–Crippen MR) is 93.4 cm³/mol. The molecule has 3 heterocycles. The number of rotatable bonds is 2. The Hall–Kier alpha value is -1.92. The number of carbonyl (C=O) groups is 2. The summed E-state index contributed by atoms with van der Waals surface area (Å²) in [5.41, 5.74) is 0.711. The highest BCUT2D eigenvalue weighted by Gasteiger charge is 2.59. The normalized spacial score (nSPS) is 35.6. The van der Waals surface area contributed by atoms with Crippen LogP contribution in [0.4, 0.5) is 0 Å². The van der Waals surface area contributed by atoms with E-state index in [2.05, 4.69) is 0 Å². The van der Waals surface area contributed by atoms with Crippen molar-refractivity contribution in [3.8, 4) is 0 Å². The average Bonchev–Trinajstić information content (AvgIpc) is 2.99. The number of nitrogens with zero attached hydrogens (tertiary/aromatic N) is 2. The highest BCUT2D eigenvalue weighted by molar-refractivity contribution is 5.94. The molecule has 0 N–H and O–H groups in total. The number of likely N-dealkylation sites (tertiary alicyclic amines) is 1. The van der Waals surface area contributed by atoms with E-state index in [9.17, 15) is 9.59 Å². The number of hydrogen-bond donors (Lipinski definition) is 0. The molecule has 6 nitrogen and oxygen atoms in total. The van der Waals surface area contributed by atoms with Gasteiger partial charge >= 0.3 is 0 Å². The topological polar surface area (TPSA) is 59.1 Å². The average molecular weight is 356 g/mol. The predicted octanol–water partition coefficient (Wildman–Crippen LogP) is 0.878. The van der Waals surface area contributed by atoms with Gasteiger partial charge in [-0.15, -0.1) is 0 Å². The minimum Gasteiger partial charge on any atom is -0.381 e. The van der Waals surface area contributed by atoms with Crippen molar-refractivity contribution in [2.45, 2.75) is 6.10 Å². The molecule has 1 aromatic carbocycles. The van der Waals surface area contributed by atoms with Gasteiger partial charge in [0.05, 0.1) is 25.9 Å². The lowest BCUT2D eigenvalue weighted by Gasteiger charge is -2.24. The molecule has 0 spiro atoms. The van der Waals surface area contributed by atoms with Crippen LogP contribution in [0.1, 0.15) is 10.4 Å². The minimum absolute atomic E-state index is 0.0439. The molecule has 3 saturated heterocycles. The van der Waals surface area contributed by atoms with Crippen LogP contribution in [-0.4, -0.2) is 73.7 Å². The van der Waals surface area contributed by atoms with E-state index in [1.165, 1.54) is 0 Å². The molecule has 5 rings (SSSR count). The maximum absolute atomic E-state index is 12.8. The fourth-order valence-electron chi connectivity index (χ4n) is 4.84. The molecule has 0 radical (unpaired) electrons. The largest absolute Gasteiger partial charge is 0.381 e. The first-order valence-electron chi connectivity index (χ1n) is 9.55. The summed E-state index contributed by atoms with van der Waals surface area (Å²) in [4.78, 5) is 29.5. The number of fused-ring (bicyclic) bond motifs is 2. The Labute approximate surface area is 153 Å². The fourth-order valence-corrected chi connectivity index (χ4v) is 4.84. The van der Waals surface area contributed by atoms with Crippen molar-refractivity contribution in [1.29, 1.82) is 0 Å². The van der Waals surface area contributed by atoms with Crippen molar-refractivity contribution in [1.82, 2.24) is 9.80 Å². The van der Waals surface area contributed by atoms with Crippen LogP contribution >= 0.6 is 0 Å². The molecular weight excluding hydrogens is 332 g/mol. The van der Waals surface area contributed by atoms with E-state index >= 15 is 0 Å². The molecule has 1 aliphatic carbocycles. The van der Waals surface area contributed by atoms with Crippen molar-refractivity contribution in [2.24, 2.45) is 23.7 Å². The first-order chi connectivity index (χ1) is 12.7. The summed E-state index contributed by atoms with van der Waals surface area (Å²) >= 11 is 0. The van der Waals surface area contributed by atoms with Crippen LogP contribution in [0.5, 0.6) is 0 Å². The summed E-state index contributed by atoms with van der Waals surface area (Å²) in [6, 6.07) is 9.39. The second-order valence-electron chi connectivity index (χ2n) is 7.92. The lowest BCUT2D eigenvalue weighted by atomic mass is 10.1. The van der Waals surface area contributed by atoms with Gasteiger partial charge in [0.2, 0.25) is 5.91 Å². The molecule has 4 aliphatic rings. The van der Waals surface area contributed by atoms with E-state index in [1.54, 1.807) is 0 Å². The molecule has 2 amide bonds. The van der Waals surface area contributed by atoms with Gasteiger partial charge in [-0.05, 0) is 24.0 Å². The standard InChI is InChI=1S/C20H24N2O4/c23-19(13-4-2-1-3-5-13)21-6-7-26-17-10-22(9-14(17)8-21)20(24)18-15-11-25-12-16(15)18/h1-5,14-18H,6-12H2/t14-,15-,16+,17+,18?/m0/s1. The van der Waals surface area contributed by atoms with E-state index in [4.69, 9.17) is 9.47 Å². The zero-order valence-corrected chi connectivity index (χ0v) is 14.8. The summed E-state index contributed by atoms with van der Waals surface area (Å²) in [6.45, 7) is 4.62. The third-order valence-electron chi connectivity index (χ3n) is 6.39. The van der Waals surface area contributed by atoms with Crippen LogP contribution < -0.4 is 0 Å². The molecule has 4 fully saturated rings. The van der Waals surface area contributed by atoms with Gasteiger partial charge < -0.3 is 19.3 Å². The van der Waals surface area contributed by atoms with Gasteiger partial charge in [0, 0.05) is 43.6 Å². The lowest BCUT2D eigenvalue weighted by Crippen LogP contribution is -2.38. The monoisotopic (exact) mass is 356 g/mol. The Kier molecular flexibility index (Phi) is 3.98. The molecule has 3 aliphatic heterocycles. The number of amides is 2. The molecular formula is C20H24N2O4. The summed E-state index contributed by atoms with van der Waals surface area (Å²) < 4.78 is 11.4. The third-order valence-corrected chi connectivity index (χ3v) is 6.39. The van der Waals surface area contributed by atoms with E-state index in [1.807, 2.05) is 40.1 Å². The Morgan fingerprint density at radius 3 is 2.46 bits per heavy atom. The summed E-state index contributed by atoms with van der Waals surface area (Å²) in [7, 11) is 0. The molecule has 6 heteroatoms. The first kappa shape index (κ1) is 16.3. The van der Waals surface area contributed by atoms with Crippen LogP contribution in [0.15, 0.2) is 30.3 Å². The van der Waals surface area contributed by atoms with Crippen molar-refractivity contribution in [3.63, 3.8) is 0 Å². The molecule has 0 aromatic heterocycles. The van der Waals surface area contributed by atoms with Crippen molar-refractivity contribution in [2.75, 3.05) is 46.0 Å². The molecule has 5 atom stereocenters. The Morgan fingerprint density at radius 2 is 1.69 bits per heavy atom. The quantitative estimate of drug-likeness (QED) is 0.789.